The summed E-state index contributed by atoms with van der Waals surface area (Å²) in [5.74, 6) is 1.13. The summed E-state index contributed by atoms with van der Waals surface area (Å²) in [5.41, 5.74) is 2.24. The fourth-order valence-electron chi connectivity index (χ4n) is 3.22. The predicted octanol–water partition coefficient (Wildman–Crippen LogP) is 5.04. The smallest absolute Gasteiger partial charge is 0.166 e. The number of hydrogen-bond donors (Lipinski definition) is 0. The highest BCUT2D eigenvalue weighted by Gasteiger charge is 2.31. The number of carbonyl (C=O) groups excluding carboxylic acids is 1. The van der Waals surface area contributed by atoms with Crippen LogP contribution >= 0.6 is 0 Å². The largest absolute Gasteiger partial charge is 0.294 e. The zero-order chi connectivity index (χ0) is 13.7. The molecule has 0 aliphatic heterocycles. The van der Waals surface area contributed by atoms with Gasteiger partial charge in [-0.1, -0.05) is 70.2 Å². The van der Waals surface area contributed by atoms with E-state index in [-0.39, 0.29) is 5.92 Å². The van der Waals surface area contributed by atoms with Crippen LogP contribution in [0.15, 0.2) is 24.3 Å². The molecule has 1 aromatic rings. The molecule has 0 saturated carbocycles. The van der Waals surface area contributed by atoms with Gasteiger partial charge >= 0.3 is 0 Å². The van der Waals surface area contributed by atoms with E-state index in [9.17, 15) is 4.79 Å². The van der Waals surface area contributed by atoms with Gasteiger partial charge in [0.2, 0.25) is 0 Å². The van der Waals surface area contributed by atoms with E-state index in [1.165, 1.54) is 44.1 Å². The van der Waals surface area contributed by atoms with Gasteiger partial charge < -0.3 is 0 Å². The summed E-state index contributed by atoms with van der Waals surface area (Å²) < 4.78 is 0. The van der Waals surface area contributed by atoms with Gasteiger partial charge in [-0.05, 0) is 24.3 Å². The maximum atomic E-state index is 12.4. The third-order valence-corrected chi connectivity index (χ3v) is 4.56. The van der Waals surface area contributed by atoms with Gasteiger partial charge in [-0.15, -0.1) is 0 Å². The fraction of sp³-hybridized carbons (Fsp3) is 0.611. The van der Waals surface area contributed by atoms with Crippen LogP contribution in [0.2, 0.25) is 0 Å². The highest BCUT2D eigenvalue weighted by molar-refractivity contribution is 6.00. The second-order valence-electron chi connectivity index (χ2n) is 5.98. The highest BCUT2D eigenvalue weighted by Crippen LogP contribution is 2.33. The number of Topliss-reactive ketones (excluding diaryl/α,β-unsaturated/α-hetero) is 1. The van der Waals surface area contributed by atoms with E-state index >= 15 is 0 Å². The molecule has 0 fully saturated rings. The van der Waals surface area contributed by atoms with Crippen LogP contribution in [-0.4, -0.2) is 5.78 Å². The number of ketones is 1. The zero-order valence-electron chi connectivity index (χ0n) is 12.3. The quantitative estimate of drug-likeness (QED) is 0.653. The molecule has 1 nitrogen and oxygen atoms in total. The van der Waals surface area contributed by atoms with Crippen LogP contribution < -0.4 is 0 Å². The number of rotatable bonds is 6. The number of unbranched alkanes of at least 4 members (excludes halogenated alkanes) is 4. The van der Waals surface area contributed by atoms with Gasteiger partial charge in [-0.3, -0.25) is 4.79 Å². The Hall–Kier alpha value is -1.11. The molecule has 1 aliphatic carbocycles. The van der Waals surface area contributed by atoms with E-state index < -0.39 is 0 Å². The van der Waals surface area contributed by atoms with Crippen LogP contribution in [0.25, 0.3) is 0 Å². The van der Waals surface area contributed by atoms with Crippen LogP contribution in [-0.2, 0) is 6.42 Å². The van der Waals surface area contributed by atoms with Crippen LogP contribution in [0.3, 0.4) is 0 Å². The summed E-state index contributed by atoms with van der Waals surface area (Å²) in [4.78, 5) is 12.4. The SMILES string of the molecule is CCCCCCCC1Cc2ccccc2C(=O)C1C. The molecule has 19 heavy (non-hydrogen) atoms. The van der Waals surface area contributed by atoms with Crippen LogP contribution in [0, 0.1) is 11.8 Å². The van der Waals surface area contributed by atoms with Gasteiger partial charge in [0.15, 0.2) is 5.78 Å². The molecule has 0 N–H and O–H groups in total. The van der Waals surface area contributed by atoms with Crippen LogP contribution in [0.5, 0.6) is 0 Å². The van der Waals surface area contributed by atoms with Crippen molar-refractivity contribution in [3.8, 4) is 0 Å². The topological polar surface area (TPSA) is 17.1 Å². The molecule has 0 bridgehead atoms. The highest BCUT2D eigenvalue weighted by atomic mass is 16.1. The fourth-order valence-corrected chi connectivity index (χ4v) is 3.22. The Kier molecular flexibility index (Phi) is 5.18. The molecular formula is C18H26O. The normalized spacial score (nSPS) is 22.3. The molecule has 1 aromatic carbocycles. The lowest BCUT2D eigenvalue weighted by molar-refractivity contribution is 0.0861. The predicted molar refractivity (Wildman–Crippen MR) is 80.5 cm³/mol. The molecule has 0 spiro atoms. The van der Waals surface area contributed by atoms with Crippen molar-refractivity contribution >= 4 is 5.78 Å². The second-order valence-corrected chi connectivity index (χ2v) is 5.98. The van der Waals surface area contributed by atoms with Gasteiger partial charge in [-0.25, -0.2) is 0 Å². The van der Waals surface area contributed by atoms with Gasteiger partial charge in [0, 0.05) is 11.5 Å². The van der Waals surface area contributed by atoms with Crippen LogP contribution in [0.1, 0.15) is 68.3 Å². The summed E-state index contributed by atoms with van der Waals surface area (Å²) in [5, 5.41) is 0. The summed E-state index contributed by atoms with van der Waals surface area (Å²) >= 11 is 0. The first-order chi connectivity index (χ1) is 9.24. The molecule has 2 unspecified atom stereocenters. The summed E-state index contributed by atoms with van der Waals surface area (Å²) in [6.07, 6.45) is 8.91. The first kappa shape index (κ1) is 14.3. The second kappa shape index (κ2) is 6.88. The van der Waals surface area contributed by atoms with E-state index in [0.717, 1.165) is 12.0 Å². The standard InChI is InChI=1S/C18H26O/c1-3-4-5-6-7-10-15-13-16-11-8-9-12-17(16)18(19)14(15)2/h8-9,11-12,14-15H,3-7,10,13H2,1-2H3. The average molecular weight is 258 g/mol. The Bertz CT molecular complexity index is 421. The summed E-state index contributed by atoms with van der Waals surface area (Å²) in [7, 11) is 0. The van der Waals surface area contributed by atoms with Crippen molar-refractivity contribution in [3.63, 3.8) is 0 Å². The Morgan fingerprint density at radius 1 is 1.11 bits per heavy atom. The van der Waals surface area contributed by atoms with Gasteiger partial charge in [-0.2, -0.15) is 0 Å². The molecular weight excluding hydrogens is 232 g/mol. The monoisotopic (exact) mass is 258 g/mol. The Morgan fingerprint density at radius 3 is 2.63 bits per heavy atom. The first-order valence-corrected chi connectivity index (χ1v) is 7.86. The van der Waals surface area contributed by atoms with Crippen molar-refractivity contribution in [3.05, 3.63) is 35.4 Å². The molecule has 2 rings (SSSR count). The molecule has 0 saturated heterocycles. The van der Waals surface area contributed by atoms with Crippen molar-refractivity contribution in [1.82, 2.24) is 0 Å². The molecule has 1 heteroatoms. The van der Waals surface area contributed by atoms with Gasteiger partial charge in [0.25, 0.3) is 0 Å². The van der Waals surface area contributed by atoms with E-state index in [0.29, 0.717) is 11.7 Å². The minimum absolute atomic E-state index is 0.209. The summed E-state index contributed by atoms with van der Waals surface area (Å²) in [6.45, 7) is 4.37. The maximum absolute atomic E-state index is 12.4. The third kappa shape index (κ3) is 3.46. The molecule has 0 aromatic heterocycles. The Morgan fingerprint density at radius 2 is 1.84 bits per heavy atom. The number of benzene rings is 1. The van der Waals surface area contributed by atoms with Crippen molar-refractivity contribution in [2.24, 2.45) is 11.8 Å². The van der Waals surface area contributed by atoms with Gasteiger partial charge in [0.05, 0.1) is 0 Å². The van der Waals surface area contributed by atoms with Gasteiger partial charge in [0.1, 0.15) is 0 Å². The molecule has 0 amide bonds. The third-order valence-electron chi connectivity index (χ3n) is 4.56. The lowest BCUT2D eigenvalue weighted by Crippen LogP contribution is -2.29. The minimum Gasteiger partial charge on any atom is -0.294 e. The lowest BCUT2D eigenvalue weighted by Gasteiger charge is -2.29. The van der Waals surface area contributed by atoms with E-state index in [1.54, 1.807) is 0 Å². The number of hydrogen-bond acceptors (Lipinski definition) is 1. The van der Waals surface area contributed by atoms with E-state index in [4.69, 9.17) is 0 Å². The molecule has 1 aliphatic rings. The zero-order valence-corrected chi connectivity index (χ0v) is 12.3. The average Bonchev–Trinajstić information content (AvgIpc) is 2.44. The van der Waals surface area contributed by atoms with Crippen molar-refractivity contribution in [2.75, 3.05) is 0 Å². The van der Waals surface area contributed by atoms with Crippen molar-refractivity contribution < 1.29 is 4.79 Å². The number of carbonyl (C=O) groups is 1. The lowest BCUT2D eigenvalue weighted by atomic mass is 9.74. The van der Waals surface area contributed by atoms with Crippen molar-refractivity contribution in [1.29, 1.82) is 0 Å². The Labute approximate surface area is 117 Å². The number of fused-ring (bicyclic) bond motifs is 1. The maximum Gasteiger partial charge on any atom is 0.166 e. The minimum atomic E-state index is 0.209. The van der Waals surface area contributed by atoms with Crippen molar-refractivity contribution in [2.45, 2.75) is 58.8 Å². The molecule has 104 valence electrons. The molecule has 0 radical (unpaired) electrons. The van der Waals surface area contributed by atoms with Crippen LogP contribution in [0.4, 0.5) is 0 Å². The first-order valence-electron chi connectivity index (χ1n) is 7.86. The molecule has 2 atom stereocenters. The molecule has 0 heterocycles. The van der Waals surface area contributed by atoms with E-state index in [1.807, 2.05) is 12.1 Å². The Balaban J connectivity index is 1.91. The van der Waals surface area contributed by atoms with E-state index in [2.05, 4.69) is 26.0 Å². The summed E-state index contributed by atoms with van der Waals surface area (Å²) in [6, 6.07) is 8.16.